The molecule has 21 heavy (non-hydrogen) atoms. The smallest absolute Gasteiger partial charge is 0.252 e. The fraction of sp³-hybridized carbons (Fsp3) is 0.385. The zero-order valence-electron chi connectivity index (χ0n) is 11.3. The first-order valence-corrected chi connectivity index (χ1v) is 6.69. The van der Waals surface area contributed by atoms with E-state index >= 15 is 0 Å². The van der Waals surface area contributed by atoms with Crippen molar-refractivity contribution in [3.63, 3.8) is 0 Å². The molecule has 1 aliphatic heterocycles. The lowest BCUT2D eigenvalue weighted by molar-refractivity contribution is 0.266. The van der Waals surface area contributed by atoms with E-state index in [1.54, 1.807) is 18.5 Å². The molecule has 0 aliphatic carbocycles. The maximum absolute atomic E-state index is 9.44. The lowest BCUT2D eigenvalue weighted by Gasteiger charge is -2.22. The Balaban J connectivity index is 2.08. The topological polar surface area (TPSA) is 117 Å². The fourth-order valence-electron chi connectivity index (χ4n) is 2.58. The average Bonchev–Trinajstić information content (AvgIpc) is 3.11. The Morgan fingerprint density at radius 1 is 1.43 bits per heavy atom. The van der Waals surface area contributed by atoms with Gasteiger partial charge in [0, 0.05) is 18.9 Å². The maximum atomic E-state index is 9.44. The SMILES string of the molecule is N#Cc1c(N2CCCC2CO)nn(-c2ncccn2)c1N. The Labute approximate surface area is 121 Å². The number of nitrogen functional groups attached to an aromatic ring is 1. The summed E-state index contributed by atoms with van der Waals surface area (Å²) in [7, 11) is 0. The third-order valence-electron chi connectivity index (χ3n) is 3.62. The van der Waals surface area contributed by atoms with E-state index in [2.05, 4.69) is 21.1 Å². The van der Waals surface area contributed by atoms with E-state index in [1.165, 1.54) is 4.68 Å². The van der Waals surface area contributed by atoms with Crippen LogP contribution >= 0.6 is 0 Å². The van der Waals surface area contributed by atoms with Crippen molar-refractivity contribution in [3.8, 4) is 12.0 Å². The summed E-state index contributed by atoms with van der Waals surface area (Å²) < 4.78 is 1.36. The Morgan fingerprint density at radius 2 is 2.19 bits per heavy atom. The first-order chi connectivity index (χ1) is 10.3. The minimum absolute atomic E-state index is 0.0273. The van der Waals surface area contributed by atoms with Crippen molar-refractivity contribution < 1.29 is 5.11 Å². The number of hydrogen-bond donors (Lipinski definition) is 2. The standard InChI is InChI=1S/C13H15N7O/c14-7-10-11(15)20(13-16-4-2-5-17-13)18-12(10)19-6-1-3-9(19)8-21/h2,4-5,9,21H,1,3,6,8,15H2. The van der Waals surface area contributed by atoms with Crippen LogP contribution in [0.5, 0.6) is 0 Å². The zero-order valence-corrected chi connectivity index (χ0v) is 11.3. The van der Waals surface area contributed by atoms with Crippen molar-refractivity contribution in [1.29, 1.82) is 5.26 Å². The van der Waals surface area contributed by atoms with Gasteiger partial charge in [-0.1, -0.05) is 0 Å². The third kappa shape index (κ3) is 2.17. The molecule has 0 saturated carbocycles. The minimum atomic E-state index is -0.0310. The van der Waals surface area contributed by atoms with Gasteiger partial charge in [0.2, 0.25) is 0 Å². The van der Waals surface area contributed by atoms with Gasteiger partial charge in [0.05, 0.1) is 12.6 Å². The number of hydrogen-bond acceptors (Lipinski definition) is 7. The number of rotatable bonds is 3. The predicted octanol–water partition coefficient (Wildman–Crippen LogP) is 0.0773. The molecule has 108 valence electrons. The minimum Gasteiger partial charge on any atom is -0.394 e. The molecule has 1 aliphatic rings. The van der Waals surface area contributed by atoms with Crippen LogP contribution in [0.3, 0.4) is 0 Å². The summed E-state index contributed by atoms with van der Waals surface area (Å²) in [4.78, 5) is 10.1. The molecule has 3 rings (SSSR count). The van der Waals surface area contributed by atoms with Crippen LogP contribution in [0.4, 0.5) is 11.6 Å². The molecule has 0 spiro atoms. The van der Waals surface area contributed by atoms with Gasteiger partial charge in [-0.05, 0) is 18.9 Å². The van der Waals surface area contributed by atoms with Crippen molar-refractivity contribution in [2.75, 3.05) is 23.8 Å². The van der Waals surface area contributed by atoms with E-state index in [0.717, 1.165) is 19.4 Å². The molecule has 2 aromatic heterocycles. The Bertz CT molecular complexity index is 676. The zero-order chi connectivity index (χ0) is 14.8. The van der Waals surface area contributed by atoms with Crippen LogP contribution in [0.1, 0.15) is 18.4 Å². The second-order valence-corrected chi connectivity index (χ2v) is 4.83. The van der Waals surface area contributed by atoms with Gasteiger partial charge in [-0.15, -0.1) is 5.10 Å². The van der Waals surface area contributed by atoms with Crippen LogP contribution in [0.2, 0.25) is 0 Å². The van der Waals surface area contributed by atoms with Crippen molar-refractivity contribution in [2.24, 2.45) is 0 Å². The molecule has 0 bridgehead atoms. The summed E-state index contributed by atoms with van der Waals surface area (Å²) in [5.41, 5.74) is 6.30. The molecule has 8 heteroatoms. The van der Waals surface area contributed by atoms with E-state index in [0.29, 0.717) is 17.3 Å². The number of anilines is 2. The summed E-state index contributed by atoms with van der Waals surface area (Å²) in [5.74, 6) is 1.01. The molecule has 8 nitrogen and oxygen atoms in total. The first-order valence-electron chi connectivity index (χ1n) is 6.69. The highest BCUT2D eigenvalue weighted by atomic mass is 16.3. The number of aromatic nitrogens is 4. The largest absolute Gasteiger partial charge is 0.394 e. The average molecular weight is 285 g/mol. The van der Waals surface area contributed by atoms with Crippen LogP contribution in [0.15, 0.2) is 18.5 Å². The van der Waals surface area contributed by atoms with Gasteiger partial charge < -0.3 is 15.7 Å². The lowest BCUT2D eigenvalue weighted by Crippen LogP contribution is -2.33. The van der Waals surface area contributed by atoms with Gasteiger partial charge in [0.15, 0.2) is 11.6 Å². The molecule has 2 aromatic rings. The fourth-order valence-corrected chi connectivity index (χ4v) is 2.58. The van der Waals surface area contributed by atoms with Gasteiger partial charge in [-0.3, -0.25) is 0 Å². The predicted molar refractivity (Wildman–Crippen MR) is 75.7 cm³/mol. The van der Waals surface area contributed by atoms with E-state index in [9.17, 15) is 10.4 Å². The Morgan fingerprint density at radius 3 is 2.86 bits per heavy atom. The highest BCUT2D eigenvalue weighted by Gasteiger charge is 2.30. The van der Waals surface area contributed by atoms with E-state index in [1.807, 2.05) is 4.90 Å². The van der Waals surface area contributed by atoms with Gasteiger partial charge >= 0.3 is 0 Å². The number of aliphatic hydroxyl groups excluding tert-OH is 1. The van der Waals surface area contributed by atoms with Crippen molar-refractivity contribution in [3.05, 3.63) is 24.0 Å². The summed E-state index contributed by atoms with van der Waals surface area (Å²) in [6.07, 6.45) is 4.99. The van der Waals surface area contributed by atoms with E-state index < -0.39 is 0 Å². The second kappa shape index (κ2) is 5.38. The molecule has 1 fully saturated rings. The van der Waals surface area contributed by atoms with Crippen LogP contribution in [0, 0.1) is 11.3 Å². The summed E-state index contributed by atoms with van der Waals surface area (Å²) in [6.45, 7) is 0.769. The Kier molecular flexibility index (Phi) is 3.41. The molecular weight excluding hydrogens is 270 g/mol. The van der Waals surface area contributed by atoms with Crippen LogP contribution < -0.4 is 10.6 Å². The summed E-state index contributed by atoms with van der Waals surface area (Å²) in [5, 5.41) is 23.2. The Hall–Kier alpha value is -2.66. The van der Waals surface area contributed by atoms with Crippen LogP contribution in [-0.4, -0.2) is 44.0 Å². The molecule has 0 amide bonds. The number of aliphatic hydroxyl groups is 1. The summed E-state index contributed by atoms with van der Waals surface area (Å²) in [6, 6.07) is 3.75. The molecular formula is C13H15N7O. The van der Waals surface area contributed by atoms with Gasteiger partial charge in [0.1, 0.15) is 11.6 Å². The monoisotopic (exact) mass is 285 g/mol. The van der Waals surface area contributed by atoms with Gasteiger partial charge in [-0.25, -0.2) is 9.97 Å². The first kappa shape index (κ1) is 13.3. The molecule has 0 radical (unpaired) electrons. The van der Waals surface area contributed by atoms with Crippen molar-refractivity contribution in [2.45, 2.75) is 18.9 Å². The normalized spacial score (nSPS) is 17.9. The molecule has 3 heterocycles. The van der Waals surface area contributed by atoms with Crippen LogP contribution in [0.25, 0.3) is 5.95 Å². The van der Waals surface area contributed by atoms with Crippen LogP contribution in [-0.2, 0) is 0 Å². The van der Waals surface area contributed by atoms with Crippen molar-refractivity contribution in [1.82, 2.24) is 19.7 Å². The molecule has 1 saturated heterocycles. The van der Waals surface area contributed by atoms with Gasteiger partial charge in [-0.2, -0.15) is 9.94 Å². The van der Waals surface area contributed by atoms with Gasteiger partial charge in [0.25, 0.3) is 5.95 Å². The lowest BCUT2D eigenvalue weighted by atomic mass is 10.2. The van der Waals surface area contributed by atoms with E-state index in [-0.39, 0.29) is 18.5 Å². The summed E-state index contributed by atoms with van der Waals surface area (Å²) >= 11 is 0. The highest BCUT2D eigenvalue weighted by molar-refractivity contribution is 5.67. The molecule has 0 aromatic carbocycles. The molecule has 1 atom stereocenters. The van der Waals surface area contributed by atoms with E-state index in [4.69, 9.17) is 5.73 Å². The third-order valence-corrected chi connectivity index (χ3v) is 3.62. The molecule has 3 N–H and O–H groups in total. The number of nitrogens with zero attached hydrogens (tertiary/aromatic N) is 6. The number of nitriles is 1. The quantitative estimate of drug-likeness (QED) is 0.819. The second-order valence-electron chi connectivity index (χ2n) is 4.83. The highest BCUT2D eigenvalue weighted by Crippen LogP contribution is 2.31. The van der Waals surface area contributed by atoms with Crippen molar-refractivity contribution >= 4 is 11.6 Å². The number of nitrogens with two attached hydrogens (primary N) is 1. The maximum Gasteiger partial charge on any atom is 0.252 e. The molecule has 1 unspecified atom stereocenters.